The molecule has 1 unspecified atom stereocenters. The molecule has 0 bridgehead atoms. The zero-order valence-electron chi connectivity index (χ0n) is 9.78. The van der Waals surface area contributed by atoms with Crippen molar-refractivity contribution in [3.8, 4) is 0 Å². The highest BCUT2D eigenvalue weighted by Crippen LogP contribution is 2.28. The van der Waals surface area contributed by atoms with Gasteiger partial charge in [0.05, 0.1) is 5.92 Å². The van der Waals surface area contributed by atoms with Crippen LogP contribution < -0.4 is 0 Å². The minimum Gasteiger partial charge on any atom is -0.481 e. The summed E-state index contributed by atoms with van der Waals surface area (Å²) in [6.07, 6.45) is 0. The smallest absolute Gasteiger partial charge is 0.306 e. The summed E-state index contributed by atoms with van der Waals surface area (Å²) in [7, 11) is 0. The van der Waals surface area contributed by atoms with Gasteiger partial charge in [0.15, 0.2) is 0 Å². The molecule has 0 saturated carbocycles. The fourth-order valence-electron chi connectivity index (χ4n) is 1.67. The number of carboxylic acid groups (broad SMARTS) is 1. The van der Waals surface area contributed by atoms with Crippen LogP contribution in [-0.4, -0.2) is 35.0 Å². The number of carbonyl (C=O) groups excluding carboxylic acids is 1. The third-order valence-electron chi connectivity index (χ3n) is 2.94. The molecule has 86 valence electrons. The Kier molecular flexibility index (Phi) is 3.07. The van der Waals surface area contributed by atoms with Gasteiger partial charge in [-0.05, 0) is 0 Å². The van der Waals surface area contributed by atoms with Gasteiger partial charge in [-0.1, -0.05) is 27.7 Å². The number of rotatable bonds is 2. The van der Waals surface area contributed by atoms with Crippen molar-refractivity contribution in [3.05, 3.63) is 0 Å². The Morgan fingerprint density at radius 1 is 1.33 bits per heavy atom. The third-order valence-corrected chi connectivity index (χ3v) is 2.94. The summed E-state index contributed by atoms with van der Waals surface area (Å²) in [4.78, 5) is 24.2. The highest BCUT2D eigenvalue weighted by molar-refractivity contribution is 5.82. The zero-order chi connectivity index (χ0) is 11.8. The fraction of sp³-hybridized carbons (Fsp3) is 0.818. The van der Waals surface area contributed by atoms with E-state index < -0.39 is 5.97 Å². The molecule has 0 aromatic heterocycles. The lowest BCUT2D eigenvalue weighted by Gasteiger charge is -2.43. The molecule has 1 aliphatic rings. The Labute approximate surface area is 90.3 Å². The van der Waals surface area contributed by atoms with E-state index in [4.69, 9.17) is 5.11 Å². The van der Waals surface area contributed by atoms with Crippen LogP contribution in [0.25, 0.3) is 0 Å². The molecule has 0 aromatic rings. The van der Waals surface area contributed by atoms with E-state index >= 15 is 0 Å². The molecule has 4 heteroatoms. The van der Waals surface area contributed by atoms with Crippen molar-refractivity contribution in [2.45, 2.75) is 27.7 Å². The second-order valence-electron chi connectivity index (χ2n) is 5.35. The van der Waals surface area contributed by atoms with Crippen LogP contribution in [0.1, 0.15) is 27.7 Å². The number of hydrogen-bond donors (Lipinski definition) is 1. The van der Waals surface area contributed by atoms with Crippen LogP contribution in [0, 0.1) is 17.3 Å². The summed E-state index contributed by atoms with van der Waals surface area (Å²) < 4.78 is 0. The summed E-state index contributed by atoms with van der Waals surface area (Å²) in [6, 6.07) is 0. The first-order valence-electron chi connectivity index (χ1n) is 5.25. The van der Waals surface area contributed by atoms with Crippen molar-refractivity contribution >= 4 is 11.9 Å². The van der Waals surface area contributed by atoms with E-state index in [1.165, 1.54) is 0 Å². The highest BCUT2D eigenvalue weighted by atomic mass is 16.4. The summed E-state index contributed by atoms with van der Waals surface area (Å²) >= 11 is 0. The molecule has 0 aromatic carbocycles. The van der Waals surface area contributed by atoms with Gasteiger partial charge in [0.1, 0.15) is 0 Å². The molecule has 0 spiro atoms. The number of aliphatic carboxylic acids is 1. The van der Waals surface area contributed by atoms with Gasteiger partial charge < -0.3 is 10.0 Å². The van der Waals surface area contributed by atoms with Gasteiger partial charge in [0.25, 0.3) is 0 Å². The summed E-state index contributed by atoms with van der Waals surface area (Å²) in [5.74, 6) is -0.901. The Balaban J connectivity index is 2.45. The SMILES string of the molecule is CC(C(=O)O)C1CN(C(=O)C(C)(C)C)C1. The first kappa shape index (κ1) is 12.0. The van der Waals surface area contributed by atoms with E-state index in [-0.39, 0.29) is 23.2 Å². The number of carboxylic acids is 1. The quantitative estimate of drug-likeness (QED) is 0.750. The van der Waals surface area contributed by atoms with Crippen LogP contribution in [0.2, 0.25) is 0 Å². The second kappa shape index (κ2) is 3.83. The molecule has 1 N–H and O–H groups in total. The third kappa shape index (κ3) is 2.49. The van der Waals surface area contributed by atoms with Crippen LogP contribution in [0.15, 0.2) is 0 Å². The van der Waals surface area contributed by atoms with E-state index in [1.54, 1.807) is 11.8 Å². The molecule has 1 amide bonds. The minimum atomic E-state index is -0.775. The number of hydrogen-bond acceptors (Lipinski definition) is 2. The molecule has 1 aliphatic heterocycles. The zero-order valence-corrected chi connectivity index (χ0v) is 9.78. The Bertz CT molecular complexity index is 274. The Hall–Kier alpha value is -1.06. The van der Waals surface area contributed by atoms with E-state index in [0.717, 1.165) is 0 Å². The lowest BCUT2D eigenvalue weighted by atomic mass is 9.84. The minimum absolute atomic E-state index is 0.108. The van der Waals surface area contributed by atoms with Gasteiger partial charge in [-0.2, -0.15) is 0 Å². The molecule has 1 heterocycles. The van der Waals surface area contributed by atoms with Crippen LogP contribution in [0.3, 0.4) is 0 Å². The van der Waals surface area contributed by atoms with E-state index in [2.05, 4.69) is 0 Å². The molecular weight excluding hydrogens is 194 g/mol. The van der Waals surface area contributed by atoms with E-state index in [1.807, 2.05) is 20.8 Å². The Morgan fingerprint density at radius 2 is 1.80 bits per heavy atom. The summed E-state index contributed by atoms with van der Waals surface area (Å²) in [5.41, 5.74) is -0.364. The summed E-state index contributed by atoms with van der Waals surface area (Å²) in [5, 5.41) is 8.80. The van der Waals surface area contributed by atoms with Crippen LogP contribution >= 0.6 is 0 Å². The van der Waals surface area contributed by atoms with Crippen LogP contribution in [-0.2, 0) is 9.59 Å². The van der Waals surface area contributed by atoms with Gasteiger partial charge >= 0.3 is 5.97 Å². The number of nitrogens with zero attached hydrogens (tertiary/aromatic N) is 1. The maximum absolute atomic E-state index is 11.8. The average molecular weight is 213 g/mol. The maximum atomic E-state index is 11.8. The Morgan fingerprint density at radius 3 is 2.13 bits per heavy atom. The fourth-order valence-corrected chi connectivity index (χ4v) is 1.67. The van der Waals surface area contributed by atoms with Gasteiger partial charge in [0, 0.05) is 24.4 Å². The van der Waals surface area contributed by atoms with Crippen molar-refractivity contribution in [2.75, 3.05) is 13.1 Å². The van der Waals surface area contributed by atoms with Crippen molar-refractivity contribution < 1.29 is 14.7 Å². The van der Waals surface area contributed by atoms with Crippen LogP contribution in [0.5, 0.6) is 0 Å². The number of amides is 1. The first-order chi connectivity index (χ1) is 6.73. The van der Waals surface area contributed by atoms with Crippen molar-refractivity contribution in [3.63, 3.8) is 0 Å². The molecule has 0 aliphatic carbocycles. The predicted octanol–water partition coefficient (Wildman–Crippen LogP) is 1.21. The van der Waals surface area contributed by atoms with Gasteiger partial charge in [-0.3, -0.25) is 9.59 Å². The van der Waals surface area contributed by atoms with Crippen molar-refractivity contribution in [1.82, 2.24) is 4.90 Å². The molecule has 1 atom stereocenters. The molecule has 0 radical (unpaired) electrons. The van der Waals surface area contributed by atoms with E-state index in [0.29, 0.717) is 13.1 Å². The largest absolute Gasteiger partial charge is 0.481 e. The van der Waals surface area contributed by atoms with E-state index in [9.17, 15) is 9.59 Å². The predicted molar refractivity (Wildman–Crippen MR) is 56.3 cm³/mol. The maximum Gasteiger partial charge on any atom is 0.306 e. The summed E-state index contributed by atoms with van der Waals surface area (Å²) in [6.45, 7) is 8.51. The standard InChI is InChI=1S/C11H19NO3/c1-7(9(13)14)8-5-12(6-8)10(15)11(2,3)4/h7-8H,5-6H2,1-4H3,(H,13,14). The number of carbonyl (C=O) groups is 2. The average Bonchev–Trinajstić information content (AvgIpc) is 1.98. The molecule has 1 fully saturated rings. The monoisotopic (exact) mass is 213 g/mol. The van der Waals surface area contributed by atoms with Gasteiger partial charge in [-0.25, -0.2) is 0 Å². The van der Waals surface area contributed by atoms with Gasteiger partial charge in [-0.15, -0.1) is 0 Å². The lowest BCUT2D eigenvalue weighted by molar-refractivity contribution is -0.154. The van der Waals surface area contributed by atoms with Crippen LogP contribution in [0.4, 0.5) is 0 Å². The molecule has 4 nitrogen and oxygen atoms in total. The topological polar surface area (TPSA) is 57.6 Å². The molecule has 15 heavy (non-hydrogen) atoms. The number of likely N-dealkylation sites (tertiary alicyclic amines) is 1. The normalized spacial score (nSPS) is 19.6. The molecular formula is C11H19NO3. The van der Waals surface area contributed by atoms with Gasteiger partial charge in [0.2, 0.25) is 5.91 Å². The van der Waals surface area contributed by atoms with Crippen molar-refractivity contribution in [2.24, 2.45) is 17.3 Å². The molecule has 1 rings (SSSR count). The highest BCUT2D eigenvalue weighted by Gasteiger charge is 2.40. The second-order valence-corrected chi connectivity index (χ2v) is 5.35. The van der Waals surface area contributed by atoms with Crippen molar-refractivity contribution in [1.29, 1.82) is 0 Å². The molecule has 1 saturated heterocycles. The lowest BCUT2D eigenvalue weighted by Crippen LogP contribution is -2.56. The first-order valence-corrected chi connectivity index (χ1v) is 5.25.